The zero-order valence-corrected chi connectivity index (χ0v) is 21.5. The first kappa shape index (κ1) is 26.0. The van der Waals surface area contributed by atoms with Crippen LogP contribution < -0.4 is 15.6 Å². The summed E-state index contributed by atoms with van der Waals surface area (Å²) >= 11 is 2.85. The van der Waals surface area contributed by atoms with Gasteiger partial charge in [-0.1, -0.05) is 13.8 Å². The Kier molecular flexibility index (Phi) is 9.04. The minimum Gasteiger partial charge on any atom is -0.478 e. The summed E-state index contributed by atoms with van der Waals surface area (Å²) in [4.78, 5) is 30.6. The predicted octanol–water partition coefficient (Wildman–Crippen LogP) is 5.97. The molecule has 2 amide bonds. The summed E-state index contributed by atoms with van der Waals surface area (Å²) in [5.41, 5.74) is 0.892. The third-order valence-corrected chi connectivity index (χ3v) is 6.59. The molecule has 0 spiro atoms. The molecule has 0 radical (unpaired) electrons. The molecule has 0 atom stereocenters. The van der Waals surface area contributed by atoms with Gasteiger partial charge >= 0.3 is 6.03 Å². The van der Waals surface area contributed by atoms with Crippen molar-refractivity contribution < 1.29 is 9.53 Å². The minimum absolute atomic E-state index is 0.0706. The lowest BCUT2D eigenvalue weighted by Crippen LogP contribution is -2.23. The largest absolute Gasteiger partial charge is 0.478 e. The van der Waals surface area contributed by atoms with Crippen LogP contribution in [0, 0.1) is 12.3 Å². The molecule has 3 heterocycles. The zero-order valence-electron chi connectivity index (χ0n) is 19.9. The minimum atomic E-state index is -0.364. The fourth-order valence-electron chi connectivity index (χ4n) is 3.12. The van der Waals surface area contributed by atoms with E-state index in [0.29, 0.717) is 34.4 Å². The summed E-state index contributed by atoms with van der Waals surface area (Å²) < 4.78 is 10.4. The van der Waals surface area contributed by atoms with Crippen molar-refractivity contribution in [1.82, 2.24) is 14.3 Å². The second kappa shape index (κ2) is 12.2. The van der Waals surface area contributed by atoms with Crippen molar-refractivity contribution in [2.75, 3.05) is 11.9 Å². The summed E-state index contributed by atoms with van der Waals surface area (Å²) in [5, 5.41) is 11.9. The molecule has 4 rings (SSSR count). The Balaban J connectivity index is 0.00000167. The van der Waals surface area contributed by atoms with Gasteiger partial charge in [-0.15, -0.1) is 11.3 Å². The number of hydrogen-bond donors (Lipinski definition) is 3. The molecule has 1 aromatic carbocycles. The Morgan fingerprint density at radius 3 is 2.63 bits per heavy atom. The molecule has 10 heteroatoms. The standard InChI is InChI=1S/C23H21N5O3S2.C2H6/c1-3-31-21(24)16-5-7-18-15(12-16)10-11-28(22(18)29)19-8-6-17(13-25-19)26-23(30)27-33-20-9-4-14(2)32-20;1-2/h4-13,24H,3H2,1-2H3,(H2,26,27,30);1-2H3. The number of pyridine rings is 2. The van der Waals surface area contributed by atoms with Crippen molar-refractivity contribution in [2.24, 2.45) is 0 Å². The van der Waals surface area contributed by atoms with Crippen LogP contribution in [0.3, 0.4) is 0 Å². The molecular formula is C25H27N5O3S2. The third kappa shape index (κ3) is 6.49. The van der Waals surface area contributed by atoms with Gasteiger partial charge < -0.3 is 10.1 Å². The zero-order chi connectivity index (χ0) is 25.4. The molecule has 0 saturated carbocycles. The lowest BCUT2D eigenvalue weighted by atomic mass is 10.1. The summed E-state index contributed by atoms with van der Waals surface area (Å²) in [7, 11) is 0. The van der Waals surface area contributed by atoms with Gasteiger partial charge in [0, 0.05) is 22.0 Å². The van der Waals surface area contributed by atoms with Gasteiger partial charge in [0.2, 0.25) is 5.90 Å². The molecule has 0 aliphatic heterocycles. The Morgan fingerprint density at radius 2 is 1.97 bits per heavy atom. The van der Waals surface area contributed by atoms with Crippen LogP contribution in [0.1, 0.15) is 31.2 Å². The van der Waals surface area contributed by atoms with Gasteiger partial charge in [-0.2, -0.15) is 0 Å². The first-order valence-corrected chi connectivity index (χ1v) is 12.7. The topological polar surface area (TPSA) is 109 Å². The normalized spacial score (nSPS) is 10.3. The summed E-state index contributed by atoms with van der Waals surface area (Å²) in [6.07, 6.45) is 3.14. The van der Waals surface area contributed by atoms with Gasteiger partial charge in [-0.25, -0.2) is 9.78 Å². The molecule has 3 N–H and O–H groups in total. The maximum Gasteiger partial charge on any atom is 0.329 e. The second-order valence-corrected chi connectivity index (χ2v) is 9.38. The van der Waals surface area contributed by atoms with Crippen molar-refractivity contribution in [3.63, 3.8) is 0 Å². The van der Waals surface area contributed by atoms with E-state index < -0.39 is 0 Å². The Morgan fingerprint density at radius 1 is 1.17 bits per heavy atom. The number of anilines is 1. The van der Waals surface area contributed by atoms with Crippen LogP contribution in [-0.2, 0) is 4.74 Å². The summed E-state index contributed by atoms with van der Waals surface area (Å²) in [5.74, 6) is 0.503. The van der Waals surface area contributed by atoms with Crippen LogP contribution >= 0.6 is 23.3 Å². The molecule has 35 heavy (non-hydrogen) atoms. The van der Waals surface area contributed by atoms with Crippen LogP contribution in [0.25, 0.3) is 16.6 Å². The highest BCUT2D eigenvalue weighted by Gasteiger charge is 2.10. The first-order valence-electron chi connectivity index (χ1n) is 11.1. The third-order valence-electron chi connectivity index (χ3n) is 4.67. The number of carbonyl (C=O) groups excluding carboxylic acids is 1. The van der Waals surface area contributed by atoms with Crippen molar-refractivity contribution in [3.05, 3.63) is 81.7 Å². The molecule has 3 aromatic heterocycles. The fourth-order valence-corrected chi connectivity index (χ4v) is 4.78. The predicted molar refractivity (Wildman–Crippen MR) is 144 cm³/mol. The maximum atomic E-state index is 13.0. The molecule has 0 saturated heterocycles. The number of thiophene rings is 1. The monoisotopic (exact) mass is 509 g/mol. The number of ether oxygens (including phenoxy) is 1. The van der Waals surface area contributed by atoms with Crippen LogP contribution in [0.15, 0.2) is 69.9 Å². The quantitative estimate of drug-likeness (QED) is 0.168. The SMILES string of the molecule is CC.CCOC(=N)c1ccc2c(=O)n(-c3ccc(NC(=O)NSc4ccc(C)s4)cn3)ccc2c1. The van der Waals surface area contributed by atoms with E-state index in [4.69, 9.17) is 10.1 Å². The average molecular weight is 510 g/mol. The van der Waals surface area contributed by atoms with E-state index in [1.165, 1.54) is 27.6 Å². The maximum absolute atomic E-state index is 13.0. The number of nitrogens with one attached hydrogen (secondary N) is 3. The van der Waals surface area contributed by atoms with Crippen LogP contribution in [0.5, 0.6) is 0 Å². The number of hydrogen-bond acceptors (Lipinski definition) is 7. The summed E-state index contributed by atoms with van der Waals surface area (Å²) in [6.45, 7) is 8.23. The van der Waals surface area contributed by atoms with Crippen molar-refractivity contribution in [3.8, 4) is 5.82 Å². The number of urea groups is 1. The van der Waals surface area contributed by atoms with E-state index in [-0.39, 0.29) is 17.5 Å². The van der Waals surface area contributed by atoms with Gasteiger partial charge in [0.05, 0.1) is 22.7 Å². The number of nitrogens with zero attached hydrogens (tertiary/aromatic N) is 2. The van der Waals surface area contributed by atoms with Gasteiger partial charge in [0.1, 0.15) is 5.82 Å². The second-order valence-electron chi connectivity index (χ2n) is 6.98. The lowest BCUT2D eigenvalue weighted by molar-refractivity contribution is 0.257. The van der Waals surface area contributed by atoms with E-state index in [0.717, 1.165) is 4.21 Å². The number of rotatable bonds is 6. The Labute approximate surface area is 212 Å². The van der Waals surface area contributed by atoms with Crippen molar-refractivity contribution in [2.45, 2.75) is 31.9 Å². The smallest absolute Gasteiger partial charge is 0.329 e. The molecule has 8 nitrogen and oxygen atoms in total. The molecule has 182 valence electrons. The molecule has 0 bridgehead atoms. The number of benzene rings is 1. The van der Waals surface area contributed by atoms with Crippen molar-refractivity contribution >= 4 is 51.7 Å². The average Bonchev–Trinajstić information content (AvgIpc) is 3.30. The number of aryl methyl sites for hydroxylation is 1. The van der Waals surface area contributed by atoms with E-state index in [9.17, 15) is 9.59 Å². The molecule has 0 aliphatic rings. The van der Waals surface area contributed by atoms with Gasteiger partial charge in [-0.05, 0) is 79.7 Å². The van der Waals surface area contributed by atoms with E-state index in [1.807, 2.05) is 39.8 Å². The summed E-state index contributed by atoms with van der Waals surface area (Å²) in [6, 6.07) is 13.9. The highest BCUT2D eigenvalue weighted by Crippen LogP contribution is 2.24. The van der Waals surface area contributed by atoms with Gasteiger partial charge in [-0.3, -0.25) is 19.5 Å². The highest BCUT2D eigenvalue weighted by molar-refractivity contribution is 7.99. The molecule has 0 fully saturated rings. The molecule has 0 aliphatic carbocycles. The van der Waals surface area contributed by atoms with Crippen LogP contribution in [-0.4, -0.2) is 28.1 Å². The number of fused-ring (bicyclic) bond motifs is 1. The number of aromatic nitrogens is 2. The van der Waals surface area contributed by atoms with E-state index in [2.05, 4.69) is 15.0 Å². The highest BCUT2D eigenvalue weighted by atomic mass is 32.2. The van der Waals surface area contributed by atoms with Crippen LogP contribution in [0.2, 0.25) is 0 Å². The number of carbonyl (C=O) groups is 1. The first-order chi connectivity index (χ1) is 16.9. The van der Waals surface area contributed by atoms with E-state index >= 15 is 0 Å². The Hall–Kier alpha value is -3.63. The van der Waals surface area contributed by atoms with Gasteiger partial charge in [0.15, 0.2) is 0 Å². The van der Waals surface area contributed by atoms with E-state index in [1.54, 1.807) is 53.9 Å². The van der Waals surface area contributed by atoms with Crippen molar-refractivity contribution in [1.29, 1.82) is 5.41 Å². The molecule has 0 unspecified atom stereocenters. The lowest BCUT2D eigenvalue weighted by Gasteiger charge is -2.10. The number of amides is 2. The fraction of sp³-hybridized carbons (Fsp3) is 0.200. The van der Waals surface area contributed by atoms with Gasteiger partial charge in [0.25, 0.3) is 5.56 Å². The Bertz CT molecular complexity index is 1380. The molecule has 4 aromatic rings. The molecular weight excluding hydrogens is 482 g/mol. The van der Waals surface area contributed by atoms with Crippen LogP contribution in [0.4, 0.5) is 10.5 Å².